The summed E-state index contributed by atoms with van der Waals surface area (Å²) in [6.07, 6.45) is -1.57. The van der Waals surface area contributed by atoms with E-state index in [1.807, 2.05) is 0 Å². The van der Waals surface area contributed by atoms with Crippen molar-refractivity contribution in [2.24, 2.45) is 0 Å². The third kappa shape index (κ3) is 5.67. The maximum Gasteiger partial charge on any atom is 0.418 e. The molecule has 0 saturated heterocycles. The largest absolute Gasteiger partial charge is 0.480 e. The number of carbonyl (C=O) groups is 2. The van der Waals surface area contributed by atoms with Gasteiger partial charge >= 0.3 is 6.18 Å². The van der Waals surface area contributed by atoms with Crippen LogP contribution >= 0.6 is 34.5 Å². The van der Waals surface area contributed by atoms with Crippen LogP contribution in [0.5, 0.6) is 5.88 Å². The van der Waals surface area contributed by atoms with Gasteiger partial charge in [-0.15, -0.1) is 11.3 Å². The van der Waals surface area contributed by atoms with Crippen molar-refractivity contribution in [3.8, 4) is 5.88 Å². The second-order valence-corrected chi connectivity index (χ2v) is 8.15. The molecule has 1 atom stereocenters. The van der Waals surface area contributed by atoms with E-state index in [-0.39, 0.29) is 27.3 Å². The van der Waals surface area contributed by atoms with Gasteiger partial charge in [0.25, 0.3) is 11.8 Å². The summed E-state index contributed by atoms with van der Waals surface area (Å²) in [5.74, 6) is -1.66. The SMILES string of the molecule is COc1ncnc(C(=O)NC(C)c2ncc(C(=O)Nc3cc(C(F)(F)F)c(Cl)cn3)s2)c1Cl. The Morgan fingerprint density at radius 2 is 1.85 bits per heavy atom. The molecule has 2 amide bonds. The van der Waals surface area contributed by atoms with E-state index in [1.165, 1.54) is 13.3 Å². The number of ether oxygens (including phenoxy) is 1. The molecule has 2 N–H and O–H groups in total. The first-order chi connectivity index (χ1) is 15.5. The van der Waals surface area contributed by atoms with E-state index in [2.05, 4.69) is 30.6 Å². The van der Waals surface area contributed by atoms with E-state index < -0.39 is 34.6 Å². The number of hydrogen-bond donors (Lipinski definition) is 2. The van der Waals surface area contributed by atoms with Crippen molar-refractivity contribution in [3.63, 3.8) is 0 Å². The van der Waals surface area contributed by atoms with Crippen molar-refractivity contribution in [3.05, 3.63) is 56.0 Å². The molecule has 0 aliphatic carbocycles. The molecule has 3 rings (SSSR count). The van der Waals surface area contributed by atoms with Gasteiger partial charge in [-0.3, -0.25) is 9.59 Å². The highest BCUT2D eigenvalue weighted by atomic mass is 35.5. The number of nitrogens with one attached hydrogen (secondary N) is 2. The van der Waals surface area contributed by atoms with Crippen LogP contribution in [0, 0.1) is 0 Å². The van der Waals surface area contributed by atoms with Crippen molar-refractivity contribution in [1.29, 1.82) is 0 Å². The van der Waals surface area contributed by atoms with Gasteiger partial charge in [0.1, 0.15) is 27.1 Å². The van der Waals surface area contributed by atoms with Gasteiger partial charge in [0, 0.05) is 6.20 Å². The fraction of sp³-hybridized carbons (Fsp3) is 0.222. The number of amides is 2. The van der Waals surface area contributed by atoms with Crippen molar-refractivity contribution >= 4 is 52.2 Å². The quantitative estimate of drug-likeness (QED) is 0.494. The predicted molar refractivity (Wildman–Crippen MR) is 114 cm³/mol. The highest BCUT2D eigenvalue weighted by molar-refractivity contribution is 7.13. The molecular formula is C18H13Cl2F3N6O3S. The third-order valence-corrected chi connectivity index (χ3v) is 5.85. The maximum atomic E-state index is 13.0. The molecule has 0 bridgehead atoms. The molecule has 3 aromatic heterocycles. The molecule has 1 unspecified atom stereocenters. The highest BCUT2D eigenvalue weighted by Gasteiger charge is 2.34. The summed E-state index contributed by atoms with van der Waals surface area (Å²) in [5.41, 5.74) is -1.24. The van der Waals surface area contributed by atoms with Crippen LogP contribution in [0.1, 0.15) is 43.7 Å². The van der Waals surface area contributed by atoms with Crippen molar-refractivity contribution in [2.45, 2.75) is 19.1 Å². The first kappa shape index (κ1) is 24.6. The number of nitrogens with zero attached hydrogens (tertiary/aromatic N) is 4. The van der Waals surface area contributed by atoms with E-state index in [9.17, 15) is 22.8 Å². The fourth-order valence-electron chi connectivity index (χ4n) is 2.48. The number of anilines is 1. The molecule has 174 valence electrons. The van der Waals surface area contributed by atoms with Gasteiger partial charge < -0.3 is 15.4 Å². The number of rotatable bonds is 6. The summed E-state index contributed by atoms with van der Waals surface area (Å²) >= 11 is 12.5. The number of alkyl halides is 3. The number of pyridine rings is 1. The van der Waals surface area contributed by atoms with E-state index in [0.29, 0.717) is 11.1 Å². The molecule has 0 radical (unpaired) electrons. The van der Waals surface area contributed by atoms with Gasteiger partial charge in [-0.1, -0.05) is 23.2 Å². The molecule has 3 heterocycles. The highest BCUT2D eigenvalue weighted by Crippen LogP contribution is 2.35. The van der Waals surface area contributed by atoms with Crippen molar-refractivity contribution in [2.75, 3.05) is 12.4 Å². The molecule has 9 nitrogen and oxygen atoms in total. The van der Waals surface area contributed by atoms with Crippen LogP contribution < -0.4 is 15.4 Å². The number of methoxy groups -OCH3 is 1. The minimum atomic E-state index is -4.71. The first-order valence-electron chi connectivity index (χ1n) is 8.86. The van der Waals surface area contributed by atoms with Gasteiger partial charge in [-0.25, -0.2) is 19.9 Å². The summed E-state index contributed by atoms with van der Waals surface area (Å²) in [6.45, 7) is 1.61. The Hall–Kier alpha value is -3.03. The van der Waals surface area contributed by atoms with Crippen molar-refractivity contribution < 1.29 is 27.5 Å². The molecule has 0 aliphatic rings. The monoisotopic (exact) mass is 520 g/mol. The zero-order valence-electron chi connectivity index (χ0n) is 16.7. The summed E-state index contributed by atoms with van der Waals surface area (Å²) in [7, 11) is 1.34. The number of aromatic nitrogens is 4. The van der Waals surface area contributed by atoms with Crippen LogP contribution in [-0.2, 0) is 6.18 Å². The fourth-order valence-corrected chi connectivity index (χ4v) is 3.76. The topological polar surface area (TPSA) is 119 Å². The summed E-state index contributed by atoms with van der Waals surface area (Å²) in [5, 5.41) is 4.58. The number of halogens is 5. The predicted octanol–water partition coefficient (Wildman–Crippen LogP) is 4.41. The summed E-state index contributed by atoms with van der Waals surface area (Å²) in [6, 6.07) is -0.0170. The van der Waals surface area contributed by atoms with Gasteiger partial charge in [0.2, 0.25) is 5.88 Å². The summed E-state index contributed by atoms with van der Waals surface area (Å²) in [4.78, 5) is 40.4. The number of carbonyl (C=O) groups excluding carboxylic acids is 2. The summed E-state index contributed by atoms with van der Waals surface area (Å²) < 4.78 is 43.9. The van der Waals surface area contributed by atoms with Crippen LogP contribution in [0.15, 0.2) is 24.8 Å². The third-order valence-electron chi connectivity index (χ3n) is 4.03. The Labute approximate surface area is 198 Å². The number of hydrogen-bond acceptors (Lipinski definition) is 8. The van der Waals surface area contributed by atoms with Crippen LogP contribution in [-0.4, -0.2) is 38.9 Å². The van der Waals surface area contributed by atoms with Crippen molar-refractivity contribution in [1.82, 2.24) is 25.3 Å². The molecule has 0 spiro atoms. The molecule has 0 aromatic carbocycles. The van der Waals surface area contributed by atoms with Crippen LogP contribution in [0.25, 0.3) is 0 Å². The Bertz CT molecular complexity index is 1210. The second kappa shape index (κ2) is 9.85. The number of thiazole rings is 1. The maximum absolute atomic E-state index is 13.0. The van der Waals surface area contributed by atoms with E-state index in [0.717, 1.165) is 23.9 Å². The van der Waals surface area contributed by atoms with E-state index >= 15 is 0 Å². The van der Waals surface area contributed by atoms with Crippen LogP contribution in [0.3, 0.4) is 0 Å². The molecular weight excluding hydrogens is 508 g/mol. The Morgan fingerprint density at radius 3 is 2.52 bits per heavy atom. The minimum Gasteiger partial charge on any atom is -0.480 e. The lowest BCUT2D eigenvalue weighted by Crippen LogP contribution is -2.27. The Balaban J connectivity index is 1.70. The van der Waals surface area contributed by atoms with E-state index in [1.54, 1.807) is 6.92 Å². The first-order valence-corrected chi connectivity index (χ1v) is 10.4. The molecule has 3 aromatic rings. The van der Waals surface area contributed by atoms with Gasteiger partial charge in [0.05, 0.1) is 29.9 Å². The molecule has 0 saturated carbocycles. The standard InChI is InChI=1S/C18H13Cl2F3N6O3S/c1-7(28-15(31)13-12(20)16(32-2)27-6-26-13)17-25-5-10(33-17)14(30)29-11-3-8(18(21,22)23)9(19)4-24-11/h3-7H,1-2H3,(H,28,31)(H,24,29,30). The Morgan fingerprint density at radius 1 is 1.12 bits per heavy atom. The van der Waals surface area contributed by atoms with Gasteiger partial charge in [-0.2, -0.15) is 13.2 Å². The average Bonchev–Trinajstić information content (AvgIpc) is 3.25. The lowest BCUT2D eigenvalue weighted by molar-refractivity contribution is -0.137. The minimum absolute atomic E-state index is 0.0298. The lowest BCUT2D eigenvalue weighted by atomic mass is 10.2. The molecule has 33 heavy (non-hydrogen) atoms. The average molecular weight is 521 g/mol. The van der Waals surface area contributed by atoms with Gasteiger partial charge in [0.15, 0.2) is 5.69 Å². The molecule has 0 fully saturated rings. The normalized spacial score (nSPS) is 12.2. The Kier molecular flexibility index (Phi) is 7.34. The zero-order chi connectivity index (χ0) is 24.3. The molecule has 15 heteroatoms. The smallest absolute Gasteiger partial charge is 0.418 e. The van der Waals surface area contributed by atoms with E-state index in [4.69, 9.17) is 27.9 Å². The molecule has 0 aliphatic heterocycles. The van der Waals surface area contributed by atoms with Crippen LogP contribution in [0.4, 0.5) is 19.0 Å². The van der Waals surface area contributed by atoms with Crippen LogP contribution in [0.2, 0.25) is 10.0 Å². The lowest BCUT2D eigenvalue weighted by Gasteiger charge is -2.12. The van der Waals surface area contributed by atoms with Gasteiger partial charge in [-0.05, 0) is 13.0 Å². The second-order valence-electron chi connectivity index (χ2n) is 6.30. The zero-order valence-corrected chi connectivity index (χ0v) is 19.0.